The Labute approximate surface area is 85.8 Å². The SMILES string of the molecule is ClC(CCC1CCOCC1)C1CC1. The van der Waals surface area contributed by atoms with E-state index in [0.29, 0.717) is 5.38 Å². The highest BCUT2D eigenvalue weighted by Gasteiger charge is 2.29. The number of hydrogen-bond acceptors (Lipinski definition) is 1. The molecule has 1 aliphatic heterocycles. The van der Waals surface area contributed by atoms with Crippen LogP contribution in [-0.2, 0) is 4.74 Å². The molecule has 1 aliphatic carbocycles. The topological polar surface area (TPSA) is 9.23 Å². The number of hydrogen-bond donors (Lipinski definition) is 0. The van der Waals surface area contributed by atoms with Crippen molar-refractivity contribution < 1.29 is 4.74 Å². The highest BCUT2D eigenvalue weighted by atomic mass is 35.5. The van der Waals surface area contributed by atoms with Crippen LogP contribution in [0.25, 0.3) is 0 Å². The van der Waals surface area contributed by atoms with Crippen molar-refractivity contribution in [1.82, 2.24) is 0 Å². The van der Waals surface area contributed by atoms with Gasteiger partial charge in [0.25, 0.3) is 0 Å². The zero-order valence-electron chi connectivity index (χ0n) is 8.18. The Balaban J connectivity index is 1.60. The molecule has 1 saturated carbocycles. The Morgan fingerprint density at radius 1 is 1.15 bits per heavy atom. The van der Waals surface area contributed by atoms with Crippen LogP contribution in [0.5, 0.6) is 0 Å². The molecule has 0 bridgehead atoms. The lowest BCUT2D eigenvalue weighted by Crippen LogP contribution is -2.17. The third kappa shape index (κ3) is 3.14. The summed E-state index contributed by atoms with van der Waals surface area (Å²) in [6.07, 6.45) is 7.83. The van der Waals surface area contributed by atoms with Gasteiger partial charge in [0.1, 0.15) is 0 Å². The summed E-state index contributed by atoms with van der Waals surface area (Å²) in [5.74, 6) is 1.76. The zero-order valence-corrected chi connectivity index (χ0v) is 8.93. The van der Waals surface area contributed by atoms with Crippen LogP contribution in [-0.4, -0.2) is 18.6 Å². The molecular weight excluding hydrogens is 184 g/mol. The summed E-state index contributed by atoms with van der Waals surface area (Å²) in [7, 11) is 0. The predicted octanol–water partition coefficient (Wildman–Crippen LogP) is 3.21. The Bertz CT molecular complexity index is 150. The minimum absolute atomic E-state index is 0.475. The maximum absolute atomic E-state index is 6.27. The molecule has 2 heteroatoms. The summed E-state index contributed by atoms with van der Waals surface area (Å²) in [6.45, 7) is 1.95. The lowest BCUT2D eigenvalue weighted by Gasteiger charge is -2.22. The smallest absolute Gasteiger partial charge is 0.0468 e. The van der Waals surface area contributed by atoms with Gasteiger partial charge in [-0.25, -0.2) is 0 Å². The highest BCUT2D eigenvalue weighted by Crippen LogP contribution is 2.38. The van der Waals surface area contributed by atoms with E-state index in [9.17, 15) is 0 Å². The van der Waals surface area contributed by atoms with E-state index in [2.05, 4.69) is 0 Å². The molecule has 0 spiro atoms. The number of alkyl halides is 1. The van der Waals surface area contributed by atoms with Gasteiger partial charge in [-0.05, 0) is 50.4 Å². The molecule has 1 atom stereocenters. The Morgan fingerprint density at radius 2 is 1.85 bits per heavy atom. The molecular formula is C11H19ClO. The molecule has 1 nitrogen and oxygen atoms in total. The second kappa shape index (κ2) is 4.65. The molecule has 1 heterocycles. The Kier molecular flexibility index (Phi) is 3.51. The normalized spacial score (nSPS) is 27.5. The molecule has 2 aliphatic rings. The maximum atomic E-state index is 6.27. The van der Waals surface area contributed by atoms with Gasteiger partial charge in [0.2, 0.25) is 0 Å². The lowest BCUT2D eigenvalue weighted by molar-refractivity contribution is 0.0631. The van der Waals surface area contributed by atoms with Crippen LogP contribution in [0.1, 0.15) is 38.5 Å². The fourth-order valence-corrected chi connectivity index (χ4v) is 2.50. The van der Waals surface area contributed by atoms with Crippen LogP contribution >= 0.6 is 11.6 Å². The Hall–Kier alpha value is 0.250. The van der Waals surface area contributed by atoms with Crippen LogP contribution in [0.3, 0.4) is 0 Å². The van der Waals surface area contributed by atoms with Crippen molar-refractivity contribution in [3.8, 4) is 0 Å². The lowest BCUT2D eigenvalue weighted by atomic mass is 9.93. The first-order valence-electron chi connectivity index (χ1n) is 5.58. The van der Waals surface area contributed by atoms with Crippen LogP contribution < -0.4 is 0 Å². The van der Waals surface area contributed by atoms with Crippen molar-refractivity contribution in [1.29, 1.82) is 0 Å². The van der Waals surface area contributed by atoms with Gasteiger partial charge < -0.3 is 4.74 Å². The van der Waals surface area contributed by atoms with Crippen molar-refractivity contribution in [2.75, 3.05) is 13.2 Å². The van der Waals surface area contributed by atoms with E-state index < -0.39 is 0 Å². The minimum Gasteiger partial charge on any atom is -0.381 e. The van der Waals surface area contributed by atoms with E-state index in [1.165, 1.54) is 38.5 Å². The fraction of sp³-hybridized carbons (Fsp3) is 1.00. The summed E-state index contributed by atoms with van der Waals surface area (Å²) in [5.41, 5.74) is 0. The van der Waals surface area contributed by atoms with Gasteiger partial charge in [-0.2, -0.15) is 0 Å². The fourth-order valence-electron chi connectivity index (χ4n) is 2.12. The van der Waals surface area contributed by atoms with E-state index >= 15 is 0 Å². The summed E-state index contributed by atoms with van der Waals surface area (Å²) >= 11 is 6.27. The highest BCUT2D eigenvalue weighted by molar-refractivity contribution is 6.20. The first-order chi connectivity index (χ1) is 6.36. The van der Waals surface area contributed by atoms with E-state index in [1.807, 2.05) is 0 Å². The predicted molar refractivity (Wildman–Crippen MR) is 55.1 cm³/mol. The van der Waals surface area contributed by atoms with Crippen molar-refractivity contribution >= 4 is 11.6 Å². The number of ether oxygens (including phenoxy) is 1. The van der Waals surface area contributed by atoms with Gasteiger partial charge in [-0.1, -0.05) is 0 Å². The third-order valence-electron chi connectivity index (χ3n) is 3.33. The van der Waals surface area contributed by atoms with Gasteiger partial charge >= 0.3 is 0 Å². The summed E-state index contributed by atoms with van der Waals surface area (Å²) in [4.78, 5) is 0. The van der Waals surface area contributed by atoms with Crippen LogP contribution in [0.15, 0.2) is 0 Å². The second-order valence-corrected chi connectivity index (χ2v) is 5.05. The molecule has 76 valence electrons. The molecule has 0 N–H and O–H groups in total. The van der Waals surface area contributed by atoms with Crippen molar-refractivity contribution in [3.63, 3.8) is 0 Å². The number of halogens is 1. The largest absolute Gasteiger partial charge is 0.381 e. The standard InChI is InChI=1S/C11H19ClO/c12-11(10-2-3-10)4-1-9-5-7-13-8-6-9/h9-11H,1-8H2. The molecule has 2 fully saturated rings. The van der Waals surface area contributed by atoms with Gasteiger partial charge in [0, 0.05) is 18.6 Å². The van der Waals surface area contributed by atoms with Crippen LogP contribution in [0, 0.1) is 11.8 Å². The molecule has 0 radical (unpaired) electrons. The van der Waals surface area contributed by atoms with Crippen LogP contribution in [0.2, 0.25) is 0 Å². The third-order valence-corrected chi connectivity index (χ3v) is 3.90. The summed E-state index contributed by atoms with van der Waals surface area (Å²) < 4.78 is 5.33. The first kappa shape index (κ1) is 9.79. The summed E-state index contributed by atoms with van der Waals surface area (Å²) in [5, 5.41) is 0.475. The molecule has 13 heavy (non-hydrogen) atoms. The van der Waals surface area contributed by atoms with Crippen LogP contribution in [0.4, 0.5) is 0 Å². The van der Waals surface area contributed by atoms with E-state index in [1.54, 1.807) is 0 Å². The molecule has 0 amide bonds. The number of rotatable bonds is 4. The second-order valence-electron chi connectivity index (χ2n) is 4.49. The average Bonchev–Trinajstić information content (AvgIpc) is 2.99. The van der Waals surface area contributed by atoms with E-state index in [-0.39, 0.29) is 0 Å². The van der Waals surface area contributed by atoms with Gasteiger partial charge in [0.05, 0.1) is 0 Å². The molecule has 2 rings (SSSR count). The van der Waals surface area contributed by atoms with Crippen molar-refractivity contribution in [2.24, 2.45) is 11.8 Å². The molecule has 1 saturated heterocycles. The summed E-state index contributed by atoms with van der Waals surface area (Å²) in [6, 6.07) is 0. The molecule has 0 aromatic heterocycles. The van der Waals surface area contributed by atoms with Crippen molar-refractivity contribution in [3.05, 3.63) is 0 Å². The zero-order chi connectivity index (χ0) is 9.10. The molecule has 0 aromatic carbocycles. The van der Waals surface area contributed by atoms with Gasteiger partial charge in [-0.15, -0.1) is 11.6 Å². The van der Waals surface area contributed by atoms with E-state index in [0.717, 1.165) is 25.0 Å². The van der Waals surface area contributed by atoms with E-state index in [4.69, 9.17) is 16.3 Å². The minimum atomic E-state index is 0.475. The maximum Gasteiger partial charge on any atom is 0.0468 e. The van der Waals surface area contributed by atoms with Gasteiger partial charge in [-0.3, -0.25) is 0 Å². The average molecular weight is 203 g/mol. The first-order valence-corrected chi connectivity index (χ1v) is 6.01. The van der Waals surface area contributed by atoms with Gasteiger partial charge in [0.15, 0.2) is 0 Å². The molecule has 0 aromatic rings. The van der Waals surface area contributed by atoms with Crippen molar-refractivity contribution in [2.45, 2.75) is 43.9 Å². The Morgan fingerprint density at radius 3 is 2.46 bits per heavy atom. The monoisotopic (exact) mass is 202 g/mol. The quantitative estimate of drug-likeness (QED) is 0.637. The molecule has 1 unspecified atom stereocenters.